The van der Waals surface area contributed by atoms with Crippen molar-refractivity contribution in [3.8, 4) is 0 Å². The van der Waals surface area contributed by atoms with Gasteiger partial charge >= 0.3 is 0 Å². The molecule has 2 N–H and O–H groups in total. The molecule has 0 saturated carbocycles. The Bertz CT molecular complexity index is 425. The van der Waals surface area contributed by atoms with Gasteiger partial charge in [0.25, 0.3) is 5.69 Å². The van der Waals surface area contributed by atoms with Crippen LogP contribution in [-0.4, -0.2) is 24.1 Å². The Labute approximate surface area is 91.8 Å². The number of nitrogens with zero attached hydrogens (tertiary/aromatic N) is 2. The van der Waals surface area contributed by atoms with Crippen LogP contribution < -0.4 is 10.6 Å². The Kier molecular flexibility index (Phi) is 2.74. The van der Waals surface area contributed by atoms with E-state index in [9.17, 15) is 14.5 Å². The summed E-state index contributed by atoms with van der Waals surface area (Å²) in [5, 5.41) is 10.4. The van der Waals surface area contributed by atoms with Gasteiger partial charge in [0.2, 0.25) is 0 Å². The smallest absolute Gasteiger partial charge is 0.272 e. The van der Waals surface area contributed by atoms with E-state index in [0.717, 1.165) is 12.5 Å². The number of rotatable bonds is 2. The molecule has 1 saturated heterocycles. The third-order valence-corrected chi connectivity index (χ3v) is 2.71. The van der Waals surface area contributed by atoms with Gasteiger partial charge in [-0.3, -0.25) is 10.1 Å². The van der Waals surface area contributed by atoms with E-state index in [-0.39, 0.29) is 11.7 Å². The molecule has 5 nitrogen and oxygen atoms in total. The first kappa shape index (κ1) is 10.8. The van der Waals surface area contributed by atoms with Crippen molar-refractivity contribution in [2.45, 2.75) is 12.5 Å². The van der Waals surface area contributed by atoms with Crippen LogP contribution in [0, 0.1) is 15.9 Å². The fourth-order valence-electron chi connectivity index (χ4n) is 1.87. The van der Waals surface area contributed by atoms with Crippen molar-refractivity contribution in [1.82, 2.24) is 0 Å². The Morgan fingerprint density at radius 3 is 2.81 bits per heavy atom. The molecule has 1 heterocycles. The zero-order valence-corrected chi connectivity index (χ0v) is 8.60. The highest BCUT2D eigenvalue weighted by Gasteiger charge is 2.22. The van der Waals surface area contributed by atoms with Gasteiger partial charge < -0.3 is 10.6 Å². The van der Waals surface area contributed by atoms with Crippen LogP contribution in [0.2, 0.25) is 0 Å². The zero-order chi connectivity index (χ0) is 11.7. The van der Waals surface area contributed by atoms with E-state index >= 15 is 0 Å². The number of nitrogens with two attached hydrogens (primary N) is 1. The van der Waals surface area contributed by atoms with Crippen LogP contribution >= 0.6 is 0 Å². The molecule has 0 spiro atoms. The molecule has 0 aliphatic carbocycles. The second-order valence-electron chi connectivity index (χ2n) is 3.89. The van der Waals surface area contributed by atoms with Crippen LogP contribution in [0.15, 0.2) is 18.2 Å². The van der Waals surface area contributed by atoms with Gasteiger partial charge in [-0.25, -0.2) is 4.39 Å². The lowest BCUT2D eigenvalue weighted by molar-refractivity contribution is -0.385. The lowest BCUT2D eigenvalue weighted by Crippen LogP contribution is -2.26. The van der Waals surface area contributed by atoms with Crippen LogP contribution in [0.1, 0.15) is 6.42 Å². The van der Waals surface area contributed by atoms with E-state index in [4.69, 9.17) is 5.73 Å². The number of non-ortho nitro benzene ring substituents is 1. The van der Waals surface area contributed by atoms with Crippen LogP contribution in [-0.2, 0) is 0 Å². The molecule has 86 valence electrons. The number of nitro groups is 1. The second-order valence-corrected chi connectivity index (χ2v) is 3.89. The third-order valence-electron chi connectivity index (χ3n) is 2.71. The van der Waals surface area contributed by atoms with Crippen molar-refractivity contribution in [2.24, 2.45) is 5.73 Å². The van der Waals surface area contributed by atoms with E-state index < -0.39 is 10.7 Å². The normalized spacial score (nSPS) is 20.1. The van der Waals surface area contributed by atoms with Crippen LogP contribution in [0.4, 0.5) is 15.8 Å². The Hall–Kier alpha value is -1.69. The number of hydrogen-bond donors (Lipinski definition) is 1. The number of benzene rings is 1. The molecule has 1 atom stereocenters. The summed E-state index contributed by atoms with van der Waals surface area (Å²) in [6, 6.07) is 3.74. The average Bonchev–Trinajstić information content (AvgIpc) is 2.64. The molecule has 1 aromatic carbocycles. The summed E-state index contributed by atoms with van der Waals surface area (Å²) in [6.07, 6.45) is 0.816. The maximum absolute atomic E-state index is 13.6. The van der Waals surface area contributed by atoms with E-state index in [0.29, 0.717) is 18.8 Å². The summed E-state index contributed by atoms with van der Waals surface area (Å²) in [4.78, 5) is 11.6. The van der Waals surface area contributed by atoms with Gasteiger partial charge in [-0.1, -0.05) is 0 Å². The van der Waals surface area contributed by atoms with Gasteiger partial charge in [-0.05, 0) is 12.5 Å². The molecule has 1 aliphatic heterocycles. The highest BCUT2D eigenvalue weighted by Crippen LogP contribution is 2.26. The summed E-state index contributed by atoms with van der Waals surface area (Å²) >= 11 is 0. The van der Waals surface area contributed by atoms with Crippen molar-refractivity contribution in [2.75, 3.05) is 18.0 Å². The Morgan fingerprint density at radius 2 is 2.31 bits per heavy atom. The van der Waals surface area contributed by atoms with E-state index in [1.54, 1.807) is 0 Å². The molecule has 1 aliphatic rings. The number of anilines is 1. The maximum atomic E-state index is 13.6. The molecule has 0 radical (unpaired) electrons. The van der Waals surface area contributed by atoms with E-state index in [2.05, 4.69) is 0 Å². The van der Waals surface area contributed by atoms with Crippen LogP contribution in [0.5, 0.6) is 0 Å². The zero-order valence-electron chi connectivity index (χ0n) is 8.60. The SMILES string of the molecule is N[C@@H]1CCN(c2ccc([N+](=O)[O-])cc2F)C1. The molecule has 16 heavy (non-hydrogen) atoms. The molecule has 6 heteroatoms. The first-order valence-corrected chi connectivity index (χ1v) is 5.02. The third kappa shape index (κ3) is 1.96. The first-order valence-electron chi connectivity index (χ1n) is 5.02. The van der Waals surface area contributed by atoms with Crippen molar-refractivity contribution in [1.29, 1.82) is 0 Å². The van der Waals surface area contributed by atoms with Crippen molar-refractivity contribution in [3.63, 3.8) is 0 Å². The Balaban J connectivity index is 2.26. The van der Waals surface area contributed by atoms with Gasteiger partial charge in [-0.2, -0.15) is 0 Å². The molecule has 1 aromatic rings. The van der Waals surface area contributed by atoms with E-state index in [1.165, 1.54) is 12.1 Å². The number of hydrogen-bond acceptors (Lipinski definition) is 4. The predicted octanol–water partition coefficient (Wildman–Crippen LogP) is 1.27. The molecule has 0 aromatic heterocycles. The summed E-state index contributed by atoms with van der Waals surface area (Å²) in [6.45, 7) is 1.28. The quantitative estimate of drug-likeness (QED) is 0.607. The van der Waals surface area contributed by atoms with Gasteiger partial charge in [0.05, 0.1) is 16.7 Å². The molecular weight excluding hydrogens is 213 g/mol. The van der Waals surface area contributed by atoms with Gasteiger partial charge in [0.15, 0.2) is 5.82 Å². The topological polar surface area (TPSA) is 72.4 Å². The molecule has 0 unspecified atom stereocenters. The van der Waals surface area contributed by atoms with Crippen LogP contribution in [0.25, 0.3) is 0 Å². The lowest BCUT2D eigenvalue weighted by atomic mass is 10.2. The molecule has 0 bridgehead atoms. The first-order chi connectivity index (χ1) is 7.58. The fourth-order valence-corrected chi connectivity index (χ4v) is 1.87. The highest BCUT2D eigenvalue weighted by molar-refractivity contribution is 5.53. The molecule has 1 fully saturated rings. The minimum Gasteiger partial charge on any atom is -0.368 e. The highest BCUT2D eigenvalue weighted by atomic mass is 19.1. The van der Waals surface area contributed by atoms with Crippen molar-refractivity contribution >= 4 is 11.4 Å². The molecular formula is C10H12FN3O2. The standard InChI is InChI=1S/C10H12FN3O2/c11-9-5-8(14(15)16)1-2-10(9)13-4-3-7(12)6-13/h1-2,5,7H,3-4,6,12H2/t7-/m1/s1. The summed E-state index contributed by atoms with van der Waals surface area (Å²) in [5.41, 5.74) is 5.87. The largest absolute Gasteiger partial charge is 0.368 e. The summed E-state index contributed by atoms with van der Waals surface area (Å²) in [5.74, 6) is -0.566. The lowest BCUT2D eigenvalue weighted by Gasteiger charge is -2.18. The van der Waals surface area contributed by atoms with Crippen LogP contribution in [0.3, 0.4) is 0 Å². The maximum Gasteiger partial charge on any atom is 0.272 e. The minimum absolute atomic E-state index is 0.0505. The average molecular weight is 225 g/mol. The Morgan fingerprint density at radius 1 is 1.56 bits per heavy atom. The van der Waals surface area contributed by atoms with Gasteiger partial charge in [-0.15, -0.1) is 0 Å². The minimum atomic E-state index is -0.609. The summed E-state index contributed by atoms with van der Waals surface area (Å²) in [7, 11) is 0. The number of halogens is 1. The fraction of sp³-hybridized carbons (Fsp3) is 0.400. The monoisotopic (exact) mass is 225 g/mol. The van der Waals surface area contributed by atoms with Crippen molar-refractivity contribution in [3.05, 3.63) is 34.1 Å². The van der Waals surface area contributed by atoms with Crippen molar-refractivity contribution < 1.29 is 9.31 Å². The summed E-state index contributed by atoms with van der Waals surface area (Å²) < 4.78 is 13.6. The van der Waals surface area contributed by atoms with Gasteiger partial charge in [0.1, 0.15) is 0 Å². The van der Waals surface area contributed by atoms with Gasteiger partial charge in [0, 0.05) is 25.2 Å². The predicted molar refractivity (Wildman–Crippen MR) is 57.9 cm³/mol. The number of nitro benzene ring substituents is 1. The second kappa shape index (κ2) is 4.05. The molecule has 2 rings (SSSR count). The molecule has 0 amide bonds. The van der Waals surface area contributed by atoms with E-state index in [1.807, 2.05) is 4.90 Å².